The number of rotatable bonds is 4. The number of hydrogen-bond acceptors (Lipinski definition) is 5. The zero-order valence-corrected chi connectivity index (χ0v) is 31.4. The van der Waals surface area contributed by atoms with Gasteiger partial charge in [-0.25, -0.2) is 15.0 Å². The Morgan fingerprint density at radius 3 is 1.66 bits per heavy atom. The van der Waals surface area contributed by atoms with Gasteiger partial charge < -0.3 is 13.4 Å². The van der Waals surface area contributed by atoms with Crippen LogP contribution in [0.15, 0.2) is 191 Å². The summed E-state index contributed by atoms with van der Waals surface area (Å²) < 4.78 is 15.3. The van der Waals surface area contributed by atoms with Gasteiger partial charge in [0.05, 0.1) is 11.0 Å². The molecule has 59 heavy (non-hydrogen) atoms. The van der Waals surface area contributed by atoms with Crippen molar-refractivity contribution in [1.82, 2.24) is 19.5 Å². The second-order valence-corrected chi connectivity index (χ2v) is 15.2. The first-order valence-corrected chi connectivity index (χ1v) is 19.8. The molecule has 0 bridgehead atoms. The van der Waals surface area contributed by atoms with Gasteiger partial charge in [0.25, 0.3) is 0 Å². The Bertz CT molecular complexity index is 3760. The van der Waals surface area contributed by atoms with E-state index in [1.54, 1.807) is 0 Å². The molecule has 0 atom stereocenters. The minimum Gasteiger partial charge on any atom is -0.456 e. The average molecular weight is 755 g/mol. The Kier molecular flexibility index (Phi) is 6.63. The Balaban J connectivity index is 1.05. The van der Waals surface area contributed by atoms with Crippen LogP contribution in [0.4, 0.5) is 0 Å². The summed E-state index contributed by atoms with van der Waals surface area (Å²) in [6.45, 7) is 0. The lowest BCUT2D eigenvalue weighted by Gasteiger charge is -2.10. The van der Waals surface area contributed by atoms with Crippen molar-refractivity contribution >= 4 is 87.2 Å². The molecule has 6 nitrogen and oxygen atoms in total. The fourth-order valence-electron chi connectivity index (χ4n) is 9.01. The fourth-order valence-corrected chi connectivity index (χ4v) is 9.01. The van der Waals surface area contributed by atoms with Crippen molar-refractivity contribution in [3.05, 3.63) is 182 Å². The van der Waals surface area contributed by atoms with E-state index in [2.05, 4.69) is 120 Å². The molecule has 0 radical (unpaired) electrons. The molecule has 4 aromatic heterocycles. The SMILES string of the molecule is c1ccc(-c2nc(-c3ccc4c(c3)oc3ccccc34)nc(-c3cccc4oc5ccc(-n6c7cc8ccccc8cc7c7cc8ccccc8cc76)cc5c34)n2)cc1. The monoisotopic (exact) mass is 754 g/mol. The molecule has 274 valence electrons. The lowest BCUT2D eigenvalue weighted by Crippen LogP contribution is -2.00. The molecular weight excluding hydrogens is 725 g/mol. The third-order valence-corrected chi connectivity index (χ3v) is 11.8. The Morgan fingerprint density at radius 2 is 0.915 bits per heavy atom. The molecule has 0 fully saturated rings. The Labute approximate surface area is 336 Å². The van der Waals surface area contributed by atoms with Crippen molar-refractivity contribution in [1.29, 1.82) is 0 Å². The third-order valence-electron chi connectivity index (χ3n) is 11.8. The molecule has 0 amide bonds. The van der Waals surface area contributed by atoms with Crippen LogP contribution in [-0.4, -0.2) is 19.5 Å². The Morgan fingerprint density at radius 1 is 0.339 bits per heavy atom. The lowest BCUT2D eigenvalue weighted by atomic mass is 10.0. The van der Waals surface area contributed by atoms with Gasteiger partial charge in [-0.05, 0) is 88.3 Å². The predicted octanol–water partition coefficient (Wildman–Crippen LogP) is 14.1. The molecule has 0 aliphatic rings. The molecule has 0 aliphatic carbocycles. The van der Waals surface area contributed by atoms with Crippen LogP contribution in [0.1, 0.15) is 0 Å². The van der Waals surface area contributed by atoms with E-state index in [4.69, 9.17) is 23.8 Å². The molecule has 13 rings (SSSR count). The van der Waals surface area contributed by atoms with Crippen LogP contribution in [0.5, 0.6) is 0 Å². The molecule has 0 aliphatic heterocycles. The van der Waals surface area contributed by atoms with Gasteiger partial charge in [0.1, 0.15) is 22.3 Å². The summed E-state index contributed by atoms with van der Waals surface area (Å²) in [5.41, 5.74) is 9.14. The van der Waals surface area contributed by atoms with Gasteiger partial charge in [-0.15, -0.1) is 0 Å². The highest BCUT2D eigenvalue weighted by molar-refractivity contribution is 6.18. The van der Waals surface area contributed by atoms with Crippen LogP contribution < -0.4 is 0 Å². The molecule has 0 unspecified atom stereocenters. The maximum absolute atomic E-state index is 6.59. The van der Waals surface area contributed by atoms with Crippen LogP contribution in [0.3, 0.4) is 0 Å². The molecule has 13 aromatic rings. The second-order valence-electron chi connectivity index (χ2n) is 15.2. The van der Waals surface area contributed by atoms with Crippen LogP contribution >= 0.6 is 0 Å². The molecule has 0 spiro atoms. The number of fused-ring (bicyclic) bond motifs is 11. The van der Waals surface area contributed by atoms with Crippen molar-refractivity contribution in [2.75, 3.05) is 0 Å². The minimum atomic E-state index is 0.562. The minimum absolute atomic E-state index is 0.562. The number of para-hydroxylation sites is 1. The van der Waals surface area contributed by atoms with Crippen LogP contribution in [-0.2, 0) is 0 Å². The van der Waals surface area contributed by atoms with Gasteiger partial charge in [-0.1, -0.05) is 115 Å². The predicted molar refractivity (Wildman–Crippen MR) is 240 cm³/mol. The highest BCUT2D eigenvalue weighted by Gasteiger charge is 2.21. The molecular formula is C53H30N4O2. The summed E-state index contributed by atoms with van der Waals surface area (Å²) in [6.07, 6.45) is 0. The maximum atomic E-state index is 6.59. The smallest absolute Gasteiger partial charge is 0.164 e. The normalized spacial score (nSPS) is 12.1. The molecule has 9 aromatic carbocycles. The van der Waals surface area contributed by atoms with E-state index in [1.807, 2.05) is 66.7 Å². The van der Waals surface area contributed by atoms with E-state index in [0.717, 1.165) is 77.3 Å². The van der Waals surface area contributed by atoms with E-state index >= 15 is 0 Å². The van der Waals surface area contributed by atoms with Crippen molar-refractivity contribution in [3.8, 4) is 39.9 Å². The van der Waals surface area contributed by atoms with Crippen molar-refractivity contribution < 1.29 is 8.83 Å². The maximum Gasteiger partial charge on any atom is 0.164 e. The quantitative estimate of drug-likeness (QED) is 0.179. The van der Waals surface area contributed by atoms with E-state index < -0.39 is 0 Å². The average Bonchev–Trinajstić information content (AvgIpc) is 3.96. The Hall–Kier alpha value is -8.09. The van der Waals surface area contributed by atoms with Crippen LogP contribution in [0, 0.1) is 0 Å². The first-order chi connectivity index (χ1) is 29.2. The van der Waals surface area contributed by atoms with E-state index in [-0.39, 0.29) is 0 Å². The van der Waals surface area contributed by atoms with Gasteiger partial charge >= 0.3 is 0 Å². The summed E-state index contributed by atoms with van der Waals surface area (Å²) in [5.74, 6) is 1.71. The first-order valence-electron chi connectivity index (χ1n) is 19.8. The molecule has 4 heterocycles. The summed E-state index contributed by atoms with van der Waals surface area (Å²) in [6, 6.07) is 63.5. The van der Waals surface area contributed by atoms with Crippen molar-refractivity contribution in [2.24, 2.45) is 0 Å². The number of aromatic nitrogens is 4. The van der Waals surface area contributed by atoms with Crippen LogP contribution in [0.25, 0.3) is 127 Å². The third kappa shape index (κ3) is 4.90. The number of nitrogens with zero attached hydrogens (tertiary/aromatic N) is 4. The van der Waals surface area contributed by atoms with E-state index in [0.29, 0.717) is 17.5 Å². The first kappa shape index (κ1) is 32.0. The molecule has 0 N–H and O–H groups in total. The number of furan rings is 2. The molecule has 0 saturated carbocycles. The van der Waals surface area contributed by atoms with Gasteiger partial charge in [-0.2, -0.15) is 0 Å². The highest BCUT2D eigenvalue weighted by Crippen LogP contribution is 2.41. The van der Waals surface area contributed by atoms with Gasteiger partial charge in [0.2, 0.25) is 0 Å². The largest absolute Gasteiger partial charge is 0.456 e. The fraction of sp³-hybridized carbons (Fsp3) is 0. The van der Waals surface area contributed by atoms with Crippen molar-refractivity contribution in [3.63, 3.8) is 0 Å². The zero-order chi connectivity index (χ0) is 38.6. The number of benzene rings is 9. The topological polar surface area (TPSA) is 69.9 Å². The standard InChI is InChI=1S/C53H30N4O2/c1-2-11-31(12-3-1)51-54-52(36-21-23-39-38-17-8-9-19-46(38)59-49(39)29-36)56-53(55-51)40-18-10-20-48-50(40)43-30-37(22-24-47(43)58-48)57-44-27-34-15-6-4-13-32(34)25-41(44)42-26-33-14-5-7-16-35(33)28-45(42)57/h1-30H. The van der Waals surface area contributed by atoms with Crippen LogP contribution in [0.2, 0.25) is 0 Å². The highest BCUT2D eigenvalue weighted by atomic mass is 16.3. The van der Waals surface area contributed by atoms with Gasteiger partial charge in [0, 0.05) is 54.7 Å². The van der Waals surface area contributed by atoms with Gasteiger partial charge in [0.15, 0.2) is 17.5 Å². The lowest BCUT2D eigenvalue weighted by molar-refractivity contribution is 0.668. The summed E-state index contributed by atoms with van der Waals surface area (Å²) in [7, 11) is 0. The van der Waals surface area contributed by atoms with E-state index in [1.165, 1.54) is 32.3 Å². The summed E-state index contributed by atoms with van der Waals surface area (Å²) in [5, 5.41) is 11.3. The summed E-state index contributed by atoms with van der Waals surface area (Å²) >= 11 is 0. The number of hydrogen-bond donors (Lipinski definition) is 0. The van der Waals surface area contributed by atoms with E-state index in [9.17, 15) is 0 Å². The second kappa shape index (κ2) is 12.2. The molecule has 6 heteroatoms. The van der Waals surface area contributed by atoms with Gasteiger partial charge in [-0.3, -0.25) is 0 Å². The molecule has 0 saturated heterocycles. The van der Waals surface area contributed by atoms with Crippen molar-refractivity contribution in [2.45, 2.75) is 0 Å². The zero-order valence-electron chi connectivity index (χ0n) is 31.4. The summed E-state index contributed by atoms with van der Waals surface area (Å²) in [4.78, 5) is 15.4.